The SMILES string of the molecule is COc1c(N)nsc1NCCCOCC(C)C. The molecule has 0 fully saturated rings. The van der Waals surface area contributed by atoms with Crippen LogP contribution in [0.15, 0.2) is 0 Å². The van der Waals surface area contributed by atoms with Gasteiger partial charge in [-0.05, 0) is 23.9 Å². The molecule has 5 nitrogen and oxygen atoms in total. The van der Waals surface area contributed by atoms with Crippen LogP contribution >= 0.6 is 11.5 Å². The summed E-state index contributed by atoms with van der Waals surface area (Å²) >= 11 is 1.32. The molecule has 0 aliphatic rings. The minimum atomic E-state index is 0.441. The van der Waals surface area contributed by atoms with Gasteiger partial charge in [0.2, 0.25) is 0 Å². The lowest BCUT2D eigenvalue weighted by atomic mass is 10.2. The molecule has 0 bridgehead atoms. The van der Waals surface area contributed by atoms with Crippen LogP contribution in [0.5, 0.6) is 5.75 Å². The molecular weight excluding hydrogens is 238 g/mol. The second kappa shape index (κ2) is 7.34. The summed E-state index contributed by atoms with van der Waals surface area (Å²) < 4.78 is 14.7. The number of nitrogens with one attached hydrogen (secondary N) is 1. The molecule has 6 heteroatoms. The Labute approximate surface area is 106 Å². The molecule has 0 saturated heterocycles. The molecule has 1 rings (SSSR count). The molecule has 1 aromatic heterocycles. The van der Waals surface area contributed by atoms with E-state index in [1.807, 2.05) is 0 Å². The smallest absolute Gasteiger partial charge is 0.197 e. The van der Waals surface area contributed by atoms with E-state index in [4.69, 9.17) is 15.2 Å². The van der Waals surface area contributed by atoms with Gasteiger partial charge in [-0.25, -0.2) is 0 Å². The number of ether oxygens (including phenoxy) is 2. The highest BCUT2D eigenvalue weighted by Crippen LogP contribution is 2.34. The van der Waals surface area contributed by atoms with Crippen molar-refractivity contribution in [1.29, 1.82) is 0 Å². The Bertz CT molecular complexity index is 329. The Balaban J connectivity index is 2.18. The minimum Gasteiger partial charge on any atom is -0.490 e. The van der Waals surface area contributed by atoms with Crippen molar-refractivity contribution in [1.82, 2.24) is 4.37 Å². The first-order chi connectivity index (χ1) is 8.15. The zero-order valence-electron chi connectivity index (χ0n) is 10.7. The fourth-order valence-electron chi connectivity index (χ4n) is 1.30. The van der Waals surface area contributed by atoms with E-state index in [9.17, 15) is 0 Å². The summed E-state index contributed by atoms with van der Waals surface area (Å²) in [5, 5.41) is 4.13. The number of methoxy groups -OCH3 is 1. The van der Waals surface area contributed by atoms with E-state index in [1.54, 1.807) is 7.11 Å². The molecule has 0 aromatic carbocycles. The zero-order valence-corrected chi connectivity index (χ0v) is 11.5. The second-order valence-corrected chi connectivity index (χ2v) is 4.95. The first-order valence-corrected chi connectivity index (χ1v) is 6.53. The lowest BCUT2D eigenvalue weighted by Crippen LogP contribution is -2.08. The third kappa shape index (κ3) is 4.79. The number of nitrogen functional groups attached to an aromatic ring is 1. The average molecular weight is 259 g/mol. The van der Waals surface area contributed by atoms with E-state index < -0.39 is 0 Å². The summed E-state index contributed by atoms with van der Waals surface area (Å²) in [6.07, 6.45) is 0.952. The van der Waals surface area contributed by atoms with Gasteiger partial charge in [0.1, 0.15) is 0 Å². The number of rotatable bonds is 8. The Morgan fingerprint density at radius 3 is 2.88 bits per heavy atom. The molecule has 17 heavy (non-hydrogen) atoms. The summed E-state index contributed by atoms with van der Waals surface area (Å²) in [5.74, 6) is 1.67. The van der Waals surface area contributed by atoms with Crippen molar-refractivity contribution in [2.24, 2.45) is 5.92 Å². The van der Waals surface area contributed by atoms with Crippen molar-refractivity contribution in [3.63, 3.8) is 0 Å². The average Bonchev–Trinajstić information content (AvgIpc) is 2.63. The lowest BCUT2D eigenvalue weighted by Gasteiger charge is -2.08. The highest BCUT2D eigenvalue weighted by molar-refractivity contribution is 7.11. The molecule has 0 saturated carbocycles. The lowest BCUT2D eigenvalue weighted by molar-refractivity contribution is 0.110. The Morgan fingerprint density at radius 2 is 2.24 bits per heavy atom. The van der Waals surface area contributed by atoms with E-state index in [0.717, 1.165) is 31.2 Å². The Morgan fingerprint density at radius 1 is 1.47 bits per heavy atom. The number of hydrogen-bond acceptors (Lipinski definition) is 6. The summed E-state index contributed by atoms with van der Waals surface area (Å²) in [5.41, 5.74) is 5.65. The van der Waals surface area contributed by atoms with Crippen molar-refractivity contribution in [2.45, 2.75) is 20.3 Å². The predicted octanol–water partition coefficient (Wildman–Crippen LogP) is 2.21. The summed E-state index contributed by atoms with van der Waals surface area (Å²) in [6, 6.07) is 0. The number of aromatic nitrogens is 1. The van der Waals surface area contributed by atoms with Gasteiger partial charge in [0.05, 0.1) is 7.11 Å². The van der Waals surface area contributed by atoms with Crippen LogP contribution in [0.4, 0.5) is 10.8 Å². The summed E-state index contributed by atoms with van der Waals surface area (Å²) in [7, 11) is 1.59. The second-order valence-electron chi connectivity index (χ2n) is 4.18. The van der Waals surface area contributed by atoms with Crippen LogP contribution < -0.4 is 15.8 Å². The third-order valence-electron chi connectivity index (χ3n) is 2.08. The predicted molar refractivity (Wildman–Crippen MR) is 71.8 cm³/mol. The van der Waals surface area contributed by atoms with Gasteiger partial charge in [-0.1, -0.05) is 13.8 Å². The van der Waals surface area contributed by atoms with E-state index >= 15 is 0 Å². The minimum absolute atomic E-state index is 0.441. The molecule has 0 aliphatic carbocycles. The van der Waals surface area contributed by atoms with E-state index in [0.29, 0.717) is 17.5 Å². The molecule has 0 amide bonds. The number of hydrogen-bond donors (Lipinski definition) is 2. The van der Waals surface area contributed by atoms with Gasteiger partial charge >= 0.3 is 0 Å². The molecular formula is C11H21N3O2S. The van der Waals surface area contributed by atoms with Crippen molar-refractivity contribution >= 4 is 22.4 Å². The molecule has 0 atom stereocenters. The molecule has 0 aliphatic heterocycles. The van der Waals surface area contributed by atoms with Crippen LogP contribution in [0.1, 0.15) is 20.3 Å². The number of anilines is 2. The fourth-order valence-corrected chi connectivity index (χ4v) is 2.01. The molecule has 0 unspecified atom stereocenters. The quantitative estimate of drug-likeness (QED) is 0.700. The van der Waals surface area contributed by atoms with Crippen LogP contribution in [0, 0.1) is 5.92 Å². The molecule has 0 spiro atoms. The van der Waals surface area contributed by atoms with Crippen LogP contribution in [-0.4, -0.2) is 31.2 Å². The summed E-state index contributed by atoms with van der Waals surface area (Å²) in [6.45, 7) is 6.70. The normalized spacial score (nSPS) is 10.8. The standard InChI is InChI=1S/C11H21N3O2S/c1-8(2)7-16-6-4-5-13-11-9(15-3)10(12)14-17-11/h8,13H,4-7H2,1-3H3,(H2,12,14). The van der Waals surface area contributed by atoms with Crippen LogP contribution in [0.3, 0.4) is 0 Å². The monoisotopic (exact) mass is 259 g/mol. The number of nitrogens with two attached hydrogens (primary N) is 1. The van der Waals surface area contributed by atoms with Crippen LogP contribution in [-0.2, 0) is 4.74 Å². The van der Waals surface area contributed by atoms with Crippen molar-refractivity contribution in [3.8, 4) is 5.75 Å². The van der Waals surface area contributed by atoms with Gasteiger partial charge in [0.15, 0.2) is 16.6 Å². The summed E-state index contributed by atoms with van der Waals surface area (Å²) in [4.78, 5) is 0. The topological polar surface area (TPSA) is 69.4 Å². The first-order valence-electron chi connectivity index (χ1n) is 5.76. The van der Waals surface area contributed by atoms with Gasteiger partial charge in [-0.3, -0.25) is 0 Å². The largest absolute Gasteiger partial charge is 0.490 e. The maximum Gasteiger partial charge on any atom is 0.197 e. The fraction of sp³-hybridized carbons (Fsp3) is 0.727. The molecule has 98 valence electrons. The van der Waals surface area contributed by atoms with Gasteiger partial charge in [-0.2, -0.15) is 4.37 Å². The van der Waals surface area contributed by atoms with Crippen molar-refractivity contribution in [2.75, 3.05) is 37.9 Å². The maximum atomic E-state index is 5.65. The third-order valence-corrected chi connectivity index (χ3v) is 2.88. The highest BCUT2D eigenvalue weighted by Gasteiger charge is 2.10. The molecule has 0 radical (unpaired) electrons. The van der Waals surface area contributed by atoms with Crippen molar-refractivity contribution < 1.29 is 9.47 Å². The maximum absolute atomic E-state index is 5.65. The molecule has 1 aromatic rings. The molecule has 3 N–H and O–H groups in total. The molecule has 1 heterocycles. The van der Waals surface area contributed by atoms with Crippen LogP contribution in [0.25, 0.3) is 0 Å². The highest BCUT2D eigenvalue weighted by atomic mass is 32.1. The Kier molecular flexibility index (Phi) is 6.07. The zero-order chi connectivity index (χ0) is 12.7. The van der Waals surface area contributed by atoms with Gasteiger partial charge in [0, 0.05) is 19.8 Å². The van der Waals surface area contributed by atoms with E-state index in [2.05, 4.69) is 23.5 Å². The van der Waals surface area contributed by atoms with Crippen molar-refractivity contribution in [3.05, 3.63) is 0 Å². The van der Waals surface area contributed by atoms with Gasteiger partial charge < -0.3 is 20.5 Å². The first kappa shape index (κ1) is 14.1. The van der Waals surface area contributed by atoms with E-state index in [1.165, 1.54) is 11.5 Å². The van der Waals surface area contributed by atoms with Gasteiger partial charge in [0.25, 0.3) is 0 Å². The Hall–Kier alpha value is -1.01. The van der Waals surface area contributed by atoms with E-state index in [-0.39, 0.29) is 0 Å². The van der Waals surface area contributed by atoms with Crippen LogP contribution in [0.2, 0.25) is 0 Å². The van der Waals surface area contributed by atoms with Gasteiger partial charge in [-0.15, -0.1) is 0 Å². The number of nitrogens with zero attached hydrogens (tertiary/aromatic N) is 1.